The standard InChI is InChI=1S/CH5O4P/c2-1-5-6(3)4/h2-4H,1H2. The van der Waals surface area contributed by atoms with Crippen LogP contribution in [-0.4, -0.2) is 21.7 Å². The lowest BCUT2D eigenvalue weighted by Gasteiger charge is -1.94. The van der Waals surface area contributed by atoms with E-state index in [0.29, 0.717) is 0 Å². The molecule has 38 valence electrons. The maximum Gasteiger partial charge on any atom is 0.329 e. The summed E-state index contributed by atoms with van der Waals surface area (Å²) < 4.78 is 3.77. The average Bonchev–Trinajstić information content (AvgIpc) is 1.35. The van der Waals surface area contributed by atoms with Crippen LogP contribution in [0.2, 0.25) is 0 Å². The number of hydrogen-bond acceptors (Lipinski definition) is 4. The summed E-state index contributed by atoms with van der Waals surface area (Å²) in [4.78, 5) is 15.6. The van der Waals surface area contributed by atoms with E-state index in [9.17, 15) is 0 Å². The Kier molecular flexibility index (Phi) is 3.62. The van der Waals surface area contributed by atoms with Gasteiger partial charge in [-0.05, 0) is 0 Å². The van der Waals surface area contributed by atoms with Crippen LogP contribution < -0.4 is 0 Å². The zero-order chi connectivity index (χ0) is 4.99. The van der Waals surface area contributed by atoms with E-state index < -0.39 is 15.4 Å². The van der Waals surface area contributed by atoms with Gasteiger partial charge in [-0.25, -0.2) is 0 Å². The molecular formula is CH5O4P. The molecule has 0 amide bonds. The maximum atomic E-state index is 7.79. The van der Waals surface area contributed by atoms with Crippen molar-refractivity contribution >= 4 is 8.60 Å². The molecule has 0 saturated heterocycles. The summed E-state index contributed by atoms with van der Waals surface area (Å²) in [5.41, 5.74) is 0. The number of rotatable bonds is 2. The Balaban J connectivity index is 2.63. The van der Waals surface area contributed by atoms with E-state index in [4.69, 9.17) is 14.9 Å². The van der Waals surface area contributed by atoms with Crippen LogP contribution >= 0.6 is 8.60 Å². The van der Waals surface area contributed by atoms with Crippen LogP contribution in [0.4, 0.5) is 0 Å². The van der Waals surface area contributed by atoms with Gasteiger partial charge in [0.1, 0.15) is 0 Å². The third kappa shape index (κ3) is 4.27. The second kappa shape index (κ2) is 3.46. The van der Waals surface area contributed by atoms with Crippen molar-refractivity contribution in [2.24, 2.45) is 0 Å². The highest BCUT2D eigenvalue weighted by Gasteiger charge is 1.92. The van der Waals surface area contributed by atoms with Crippen molar-refractivity contribution in [3.63, 3.8) is 0 Å². The highest BCUT2D eigenvalue weighted by Crippen LogP contribution is 2.22. The van der Waals surface area contributed by atoms with E-state index in [2.05, 4.69) is 4.52 Å². The fourth-order valence-corrected chi connectivity index (χ4v) is 0.155. The van der Waals surface area contributed by atoms with Crippen LogP contribution in [0, 0.1) is 0 Å². The Morgan fingerprint density at radius 3 is 2.00 bits per heavy atom. The number of aliphatic hydroxyl groups is 1. The molecule has 0 aromatic heterocycles. The van der Waals surface area contributed by atoms with E-state index in [1.807, 2.05) is 0 Å². The Hall–Kier alpha value is 0.270. The Morgan fingerprint density at radius 2 is 2.00 bits per heavy atom. The Bertz CT molecular complexity index is 28.7. The molecule has 0 unspecified atom stereocenters. The maximum absolute atomic E-state index is 7.79. The highest BCUT2D eigenvalue weighted by atomic mass is 31.2. The molecule has 0 aliphatic rings. The van der Waals surface area contributed by atoms with Crippen molar-refractivity contribution < 1.29 is 19.4 Å². The van der Waals surface area contributed by atoms with E-state index in [1.165, 1.54) is 0 Å². The summed E-state index contributed by atoms with van der Waals surface area (Å²) in [7, 11) is -2.35. The van der Waals surface area contributed by atoms with E-state index in [-0.39, 0.29) is 0 Å². The predicted molar refractivity (Wildman–Crippen MR) is 19.5 cm³/mol. The minimum absolute atomic E-state index is 0.640. The van der Waals surface area contributed by atoms with Crippen molar-refractivity contribution in [1.82, 2.24) is 0 Å². The van der Waals surface area contributed by atoms with Crippen molar-refractivity contribution in [2.45, 2.75) is 0 Å². The van der Waals surface area contributed by atoms with Crippen LogP contribution in [0.15, 0.2) is 0 Å². The molecule has 0 radical (unpaired) electrons. The predicted octanol–water partition coefficient (Wildman–Crippen LogP) is -0.836. The first-order valence-electron chi connectivity index (χ1n) is 1.19. The van der Waals surface area contributed by atoms with Gasteiger partial charge < -0.3 is 14.9 Å². The topological polar surface area (TPSA) is 69.9 Å². The van der Waals surface area contributed by atoms with Gasteiger partial charge in [0.25, 0.3) is 0 Å². The largest absolute Gasteiger partial charge is 0.370 e. The number of hydrogen-bond donors (Lipinski definition) is 3. The molecular weight excluding hydrogens is 107 g/mol. The molecule has 0 aliphatic heterocycles. The summed E-state index contributed by atoms with van der Waals surface area (Å²) in [5, 5.41) is 7.71. The van der Waals surface area contributed by atoms with E-state index in [1.54, 1.807) is 0 Å². The molecule has 0 atom stereocenters. The molecule has 0 aromatic carbocycles. The summed E-state index contributed by atoms with van der Waals surface area (Å²) in [6.07, 6.45) is 0. The molecule has 4 nitrogen and oxygen atoms in total. The van der Waals surface area contributed by atoms with Gasteiger partial charge in [-0.15, -0.1) is 0 Å². The molecule has 0 fully saturated rings. The first-order valence-corrected chi connectivity index (χ1v) is 2.35. The molecule has 0 aliphatic carbocycles. The molecule has 6 heavy (non-hydrogen) atoms. The lowest BCUT2D eigenvalue weighted by Crippen LogP contribution is -1.82. The third-order valence-corrected chi connectivity index (χ3v) is 0.520. The minimum atomic E-state index is -2.35. The van der Waals surface area contributed by atoms with Gasteiger partial charge >= 0.3 is 8.60 Å². The Labute approximate surface area is 36.0 Å². The van der Waals surface area contributed by atoms with Crippen LogP contribution in [-0.2, 0) is 4.52 Å². The first-order chi connectivity index (χ1) is 2.77. The monoisotopic (exact) mass is 112 g/mol. The summed E-state index contributed by atoms with van der Waals surface area (Å²) >= 11 is 0. The van der Waals surface area contributed by atoms with Crippen molar-refractivity contribution in [3.8, 4) is 0 Å². The van der Waals surface area contributed by atoms with Crippen molar-refractivity contribution in [1.29, 1.82) is 0 Å². The molecule has 0 spiro atoms. The van der Waals surface area contributed by atoms with E-state index in [0.717, 1.165) is 0 Å². The van der Waals surface area contributed by atoms with Gasteiger partial charge in [0.15, 0.2) is 6.79 Å². The molecule has 0 aromatic rings. The SMILES string of the molecule is OCOP(O)O. The summed E-state index contributed by atoms with van der Waals surface area (Å²) in [6, 6.07) is 0. The summed E-state index contributed by atoms with van der Waals surface area (Å²) in [6.45, 7) is -0.640. The normalized spacial score (nSPS) is 10.0. The fraction of sp³-hybridized carbons (Fsp3) is 1.00. The van der Waals surface area contributed by atoms with Gasteiger partial charge in [0.2, 0.25) is 0 Å². The molecule has 3 N–H and O–H groups in total. The zero-order valence-electron chi connectivity index (χ0n) is 2.90. The minimum Gasteiger partial charge on any atom is -0.370 e. The van der Waals surface area contributed by atoms with Crippen molar-refractivity contribution in [3.05, 3.63) is 0 Å². The quantitative estimate of drug-likeness (QED) is 0.322. The zero-order valence-corrected chi connectivity index (χ0v) is 3.80. The first kappa shape index (κ1) is 6.27. The summed E-state index contributed by atoms with van der Waals surface area (Å²) in [5.74, 6) is 0. The van der Waals surface area contributed by atoms with Gasteiger partial charge in [0, 0.05) is 0 Å². The highest BCUT2D eigenvalue weighted by molar-refractivity contribution is 7.39. The van der Waals surface area contributed by atoms with Gasteiger partial charge in [-0.1, -0.05) is 0 Å². The van der Waals surface area contributed by atoms with Crippen LogP contribution in [0.25, 0.3) is 0 Å². The molecule has 5 heteroatoms. The van der Waals surface area contributed by atoms with Crippen LogP contribution in [0.1, 0.15) is 0 Å². The molecule has 0 heterocycles. The van der Waals surface area contributed by atoms with Gasteiger partial charge in [-0.2, -0.15) is 0 Å². The van der Waals surface area contributed by atoms with Crippen LogP contribution in [0.5, 0.6) is 0 Å². The van der Waals surface area contributed by atoms with Gasteiger partial charge in [-0.3, -0.25) is 4.52 Å². The van der Waals surface area contributed by atoms with Crippen molar-refractivity contribution in [2.75, 3.05) is 6.79 Å². The third-order valence-electron chi connectivity index (χ3n) is 0.173. The molecule has 0 bridgehead atoms. The van der Waals surface area contributed by atoms with Gasteiger partial charge in [0.05, 0.1) is 0 Å². The molecule has 0 rings (SSSR count). The smallest absolute Gasteiger partial charge is 0.329 e. The number of aliphatic hydroxyl groups excluding tert-OH is 1. The fourth-order valence-electron chi connectivity index (χ4n) is 0.0516. The lowest BCUT2D eigenvalue weighted by molar-refractivity contribution is 0.0853. The second-order valence-electron chi connectivity index (χ2n) is 0.511. The van der Waals surface area contributed by atoms with E-state index >= 15 is 0 Å². The lowest BCUT2D eigenvalue weighted by atomic mass is 11.6. The Morgan fingerprint density at radius 1 is 1.50 bits per heavy atom. The average molecular weight is 112 g/mol. The van der Waals surface area contributed by atoms with Crippen LogP contribution in [0.3, 0.4) is 0 Å². The molecule has 0 saturated carbocycles. The second-order valence-corrected chi connectivity index (χ2v) is 1.27.